The zero-order valence-corrected chi connectivity index (χ0v) is 19.6. The van der Waals surface area contributed by atoms with Crippen LogP contribution in [-0.2, 0) is 20.8 Å². The van der Waals surface area contributed by atoms with Crippen molar-refractivity contribution >= 4 is 57.3 Å². The molecule has 1 fully saturated rings. The smallest absolute Gasteiger partial charge is 0.237 e. The van der Waals surface area contributed by atoms with Crippen molar-refractivity contribution in [2.75, 3.05) is 34.0 Å². The first-order valence-corrected chi connectivity index (χ1v) is 12.5. The molecule has 8 nitrogen and oxygen atoms in total. The molecule has 0 radical (unpaired) electrons. The Kier molecular flexibility index (Phi) is 6.29. The van der Waals surface area contributed by atoms with E-state index in [1.54, 1.807) is 4.90 Å². The van der Waals surface area contributed by atoms with Crippen LogP contribution in [0.3, 0.4) is 0 Å². The molecule has 0 saturated carbocycles. The molecule has 1 atom stereocenters. The summed E-state index contributed by atoms with van der Waals surface area (Å²) >= 11 is 2.47. The van der Waals surface area contributed by atoms with Gasteiger partial charge >= 0.3 is 0 Å². The number of fused-ring (bicyclic) bond motifs is 1. The van der Waals surface area contributed by atoms with Crippen molar-refractivity contribution in [1.82, 2.24) is 10.2 Å². The minimum Gasteiger partial charge on any atom is -0.312 e. The predicted molar refractivity (Wildman–Crippen MR) is 129 cm³/mol. The molecule has 2 aliphatic rings. The minimum absolute atomic E-state index is 0.00101. The molecule has 1 saturated heterocycles. The molecule has 0 aliphatic carbocycles. The number of benzene rings is 2. The summed E-state index contributed by atoms with van der Waals surface area (Å²) in [5.41, 5.74) is 2.69. The Hall–Kier alpha value is -3.31. The van der Waals surface area contributed by atoms with Gasteiger partial charge in [-0.1, -0.05) is 41.3 Å². The highest BCUT2D eigenvalue weighted by Gasteiger charge is 2.35. The van der Waals surface area contributed by atoms with E-state index in [-0.39, 0.29) is 42.3 Å². The summed E-state index contributed by atoms with van der Waals surface area (Å²) in [7, 11) is 0. The topological polar surface area (TPSA) is 95.5 Å². The highest BCUT2D eigenvalue weighted by Crippen LogP contribution is 2.31. The van der Waals surface area contributed by atoms with Crippen LogP contribution in [0.2, 0.25) is 0 Å². The zero-order chi connectivity index (χ0) is 23.7. The molecule has 11 heteroatoms. The maximum absolute atomic E-state index is 13.2. The molecule has 0 unspecified atom stereocenters. The molecule has 5 rings (SSSR count). The van der Waals surface area contributed by atoms with E-state index in [4.69, 9.17) is 0 Å². The Bertz CT molecular complexity index is 1250. The maximum atomic E-state index is 13.2. The van der Waals surface area contributed by atoms with E-state index < -0.39 is 5.92 Å². The summed E-state index contributed by atoms with van der Waals surface area (Å²) in [6.45, 7) is 0.883. The van der Waals surface area contributed by atoms with Crippen LogP contribution in [0.1, 0.15) is 12.0 Å². The fourth-order valence-corrected chi connectivity index (χ4v) is 5.71. The minimum atomic E-state index is -0.547. The highest BCUT2D eigenvalue weighted by molar-refractivity contribution is 8.01. The Balaban J connectivity index is 1.14. The molecule has 3 aromatic rings. The average molecular weight is 498 g/mol. The Morgan fingerprint density at radius 3 is 2.76 bits per heavy atom. The van der Waals surface area contributed by atoms with Gasteiger partial charge in [0.25, 0.3) is 0 Å². The number of anilines is 3. The van der Waals surface area contributed by atoms with E-state index in [0.29, 0.717) is 21.7 Å². The first-order valence-electron chi connectivity index (χ1n) is 10.7. The average Bonchev–Trinajstić information content (AvgIpc) is 3.56. The van der Waals surface area contributed by atoms with Gasteiger partial charge in [-0.2, -0.15) is 0 Å². The molecule has 3 amide bonds. The lowest BCUT2D eigenvalue weighted by molar-refractivity contribution is -0.122. The third kappa shape index (κ3) is 4.66. The first kappa shape index (κ1) is 22.5. The van der Waals surface area contributed by atoms with Crippen LogP contribution < -0.4 is 15.1 Å². The largest absolute Gasteiger partial charge is 0.312 e. The lowest BCUT2D eigenvalue weighted by Crippen LogP contribution is -2.30. The molecule has 2 aromatic carbocycles. The molecule has 1 N–H and O–H groups in total. The van der Waals surface area contributed by atoms with Crippen molar-refractivity contribution in [3.05, 3.63) is 59.9 Å². The predicted octanol–water partition coefficient (Wildman–Crippen LogP) is 3.35. The van der Waals surface area contributed by atoms with Crippen molar-refractivity contribution in [3.8, 4) is 0 Å². The summed E-state index contributed by atoms with van der Waals surface area (Å²) in [6, 6.07) is 13.5. The number of para-hydroxylation sites is 1. The molecular weight excluding hydrogens is 477 g/mol. The van der Waals surface area contributed by atoms with E-state index >= 15 is 0 Å². The number of thioether (sulfide) groups is 1. The van der Waals surface area contributed by atoms with Crippen LogP contribution in [0.15, 0.2) is 52.9 Å². The van der Waals surface area contributed by atoms with Crippen LogP contribution in [-0.4, -0.2) is 46.8 Å². The lowest BCUT2D eigenvalue weighted by atomic mass is 10.1. The number of carbonyl (C=O) groups excluding carboxylic acids is 3. The number of halogens is 1. The molecule has 0 bridgehead atoms. The van der Waals surface area contributed by atoms with E-state index in [2.05, 4.69) is 15.5 Å². The summed E-state index contributed by atoms with van der Waals surface area (Å²) in [5, 5.41) is 11.1. The van der Waals surface area contributed by atoms with Gasteiger partial charge in [-0.05, 0) is 42.3 Å². The van der Waals surface area contributed by atoms with Gasteiger partial charge in [0.15, 0.2) is 4.34 Å². The van der Waals surface area contributed by atoms with Crippen LogP contribution in [0.25, 0.3) is 0 Å². The number of rotatable bonds is 6. The van der Waals surface area contributed by atoms with Gasteiger partial charge in [0.1, 0.15) is 5.82 Å². The van der Waals surface area contributed by atoms with Crippen molar-refractivity contribution < 1.29 is 18.8 Å². The number of carbonyl (C=O) groups is 3. The fraction of sp³-hybridized carbons (Fsp3) is 0.261. The van der Waals surface area contributed by atoms with Gasteiger partial charge in [0.05, 0.1) is 11.7 Å². The number of hydrogen-bond donors (Lipinski definition) is 1. The number of amides is 3. The second-order valence-electron chi connectivity index (χ2n) is 7.96. The molecular formula is C23H20FN5O3S2. The van der Waals surface area contributed by atoms with Crippen LogP contribution in [0.4, 0.5) is 20.9 Å². The lowest BCUT2D eigenvalue weighted by Gasteiger charge is -2.16. The third-order valence-electron chi connectivity index (χ3n) is 5.78. The van der Waals surface area contributed by atoms with Crippen molar-refractivity contribution in [1.29, 1.82) is 0 Å². The van der Waals surface area contributed by atoms with Crippen molar-refractivity contribution in [2.45, 2.75) is 17.2 Å². The van der Waals surface area contributed by atoms with E-state index in [1.807, 2.05) is 24.3 Å². The monoisotopic (exact) mass is 497 g/mol. The first-order chi connectivity index (χ1) is 16.5. The van der Waals surface area contributed by atoms with E-state index in [9.17, 15) is 18.8 Å². The third-order valence-corrected chi connectivity index (χ3v) is 7.73. The Morgan fingerprint density at radius 1 is 1.15 bits per heavy atom. The van der Waals surface area contributed by atoms with Crippen molar-refractivity contribution in [2.24, 2.45) is 5.92 Å². The van der Waals surface area contributed by atoms with Crippen LogP contribution in [0, 0.1) is 11.7 Å². The van der Waals surface area contributed by atoms with Gasteiger partial charge in [-0.25, -0.2) is 4.39 Å². The fourth-order valence-electron chi connectivity index (χ4n) is 4.08. The van der Waals surface area contributed by atoms with Crippen LogP contribution in [0.5, 0.6) is 0 Å². The Morgan fingerprint density at radius 2 is 1.94 bits per heavy atom. The van der Waals surface area contributed by atoms with Gasteiger partial charge in [0.2, 0.25) is 22.9 Å². The molecule has 3 heterocycles. The summed E-state index contributed by atoms with van der Waals surface area (Å²) in [5.74, 6) is -1.23. The number of nitrogens with zero attached hydrogens (tertiary/aromatic N) is 4. The second kappa shape index (κ2) is 9.51. The quantitative estimate of drug-likeness (QED) is 0.415. The summed E-state index contributed by atoms with van der Waals surface area (Å²) in [6.07, 6.45) is 0.916. The second-order valence-corrected chi connectivity index (χ2v) is 10.2. The highest BCUT2D eigenvalue weighted by atomic mass is 32.2. The molecule has 2 aliphatic heterocycles. The van der Waals surface area contributed by atoms with Gasteiger partial charge in [-0.3, -0.25) is 14.4 Å². The maximum Gasteiger partial charge on any atom is 0.237 e. The zero-order valence-electron chi connectivity index (χ0n) is 17.9. The van der Waals surface area contributed by atoms with E-state index in [1.165, 1.54) is 57.8 Å². The normalized spacial score (nSPS) is 17.2. The van der Waals surface area contributed by atoms with Crippen molar-refractivity contribution in [3.63, 3.8) is 0 Å². The number of nitrogens with one attached hydrogen (secondary N) is 1. The van der Waals surface area contributed by atoms with Gasteiger partial charge in [0, 0.05) is 30.9 Å². The number of aromatic nitrogens is 2. The number of hydrogen-bond acceptors (Lipinski definition) is 7. The molecule has 34 heavy (non-hydrogen) atoms. The molecule has 1 aromatic heterocycles. The Labute approximate surface area is 203 Å². The summed E-state index contributed by atoms with van der Waals surface area (Å²) in [4.78, 5) is 41.0. The SMILES string of the molecule is O=C(Nc1nnc(SCC(=O)N2CCc3ccccc32)s1)[C@@H]1CC(=O)N(c2ccc(F)cc2)C1. The van der Waals surface area contributed by atoms with Gasteiger partial charge < -0.3 is 15.1 Å². The summed E-state index contributed by atoms with van der Waals surface area (Å²) < 4.78 is 13.7. The molecule has 0 spiro atoms. The standard InChI is InChI=1S/C23H20FN5O3S2/c24-16-5-7-17(8-6-16)29-12-15(11-19(29)30)21(32)25-22-26-27-23(34-22)33-13-20(31)28-10-9-14-3-1-2-4-18(14)28/h1-8,15H,9-13H2,(H,25,26,32)/t15-/m1/s1. The van der Waals surface area contributed by atoms with E-state index in [0.717, 1.165) is 12.1 Å². The van der Waals surface area contributed by atoms with Gasteiger partial charge in [-0.15, -0.1) is 10.2 Å². The van der Waals surface area contributed by atoms with Crippen LogP contribution >= 0.6 is 23.1 Å². The molecule has 174 valence electrons.